The summed E-state index contributed by atoms with van der Waals surface area (Å²) in [6.45, 7) is 1.77. The van der Waals surface area contributed by atoms with Crippen molar-refractivity contribution in [3.05, 3.63) is 65.1 Å². The molecule has 0 heterocycles. The van der Waals surface area contributed by atoms with E-state index in [1.165, 1.54) is 20.5 Å². The molecular weight excluding hydrogens is 268 g/mol. The first-order valence-corrected chi connectivity index (χ1v) is 6.43. The lowest BCUT2D eigenvalue weighted by molar-refractivity contribution is -0.136. The highest BCUT2D eigenvalue weighted by Gasteiger charge is 2.15. The van der Waals surface area contributed by atoms with Gasteiger partial charge in [-0.2, -0.15) is 0 Å². The molecule has 1 aromatic carbocycles. The second-order valence-electron chi connectivity index (χ2n) is 4.20. The molecule has 4 heteroatoms. The van der Waals surface area contributed by atoms with Crippen molar-refractivity contribution in [2.75, 3.05) is 21.3 Å². The third-order valence-corrected chi connectivity index (χ3v) is 2.86. The SMILES string of the molecule is COC=C(C(=O)OC)C(C)=C(C=Cc1ccccc1)OC. The summed E-state index contributed by atoms with van der Waals surface area (Å²) in [5, 5.41) is 0. The van der Waals surface area contributed by atoms with Gasteiger partial charge in [0.25, 0.3) is 0 Å². The lowest BCUT2D eigenvalue weighted by Crippen LogP contribution is -2.08. The molecule has 0 bridgehead atoms. The number of carbonyl (C=O) groups is 1. The molecule has 0 aromatic heterocycles. The molecule has 0 saturated carbocycles. The monoisotopic (exact) mass is 288 g/mol. The van der Waals surface area contributed by atoms with Gasteiger partial charge in [-0.25, -0.2) is 4.79 Å². The Hall–Kier alpha value is -2.49. The summed E-state index contributed by atoms with van der Waals surface area (Å²) in [5.41, 5.74) is 1.99. The third-order valence-electron chi connectivity index (χ3n) is 2.86. The maximum Gasteiger partial charge on any atom is 0.341 e. The minimum Gasteiger partial charge on any atom is -0.503 e. The fourth-order valence-electron chi connectivity index (χ4n) is 1.73. The van der Waals surface area contributed by atoms with Crippen LogP contribution in [-0.4, -0.2) is 27.3 Å². The van der Waals surface area contributed by atoms with Crippen molar-refractivity contribution in [2.45, 2.75) is 6.92 Å². The van der Waals surface area contributed by atoms with Gasteiger partial charge >= 0.3 is 5.97 Å². The van der Waals surface area contributed by atoms with E-state index in [4.69, 9.17) is 14.2 Å². The Morgan fingerprint density at radius 2 is 1.71 bits per heavy atom. The minimum absolute atomic E-state index is 0.314. The van der Waals surface area contributed by atoms with E-state index in [-0.39, 0.29) is 0 Å². The lowest BCUT2D eigenvalue weighted by atomic mass is 10.1. The molecular formula is C17H20O4. The highest BCUT2D eigenvalue weighted by molar-refractivity contribution is 5.93. The van der Waals surface area contributed by atoms with E-state index in [1.54, 1.807) is 20.1 Å². The van der Waals surface area contributed by atoms with Crippen LogP contribution >= 0.6 is 0 Å². The second-order valence-corrected chi connectivity index (χ2v) is 4.20. The standard InChI is InChI=1S/C17H20O4/c1-13(15(12-19-2)17(18)21-4)16(20-3)11-10-14-8-6-5-7-9-14/h5-12H,1-4H3. The Bertz CT molecular complexity index is 553. The number of hydrogen-bond acceptors (Lipinski definition) is 4. The molecule has 1 rings (SSSR count). The van der Waals surface area contributed by atoms with Gasteiger partial charge in [0.1, 0.15) is 11.3 Å². The van der Waals surface area contributed by atoms with Gasteiger partial charge in [0.05, 0.1) is 27.6 Å². The molecule has 0 spiro atoms. The molecule has 1 aromatic rings. The van der Waals surface area contributed by atoms with E-state index in [0.717, 1.165) is 5.56 Å². The van der Waals surface area contributed by atoms with E-state index < -0.39 is 5.97 Å². The van der Waals surface area contributed by atoms with E-state index in [9.17, 15) is 4.79 Å². The van der Waals surface area contributed by atoms with Gasteiger partial charge in [-0.1, -0.05) is 36.4 Å². The first kappa shape index (κ1) is 16.6. The van der Waals surface area contributed by atoms with Crippen LogP contribution in [0.5, 0.6) is 0 Å². The third kappa shape index (κ3) is 4.84. The number of esters is 1. The van der Waals surface area contributed by atoms with Crippen molar-refractivity contribution in [3.8, 4) is 0 Å². The topological polar surface area (TPSA) is 44.8 Å². The number of benzene rings is 1. The van der Waals surface area contributed by atoms with Gasteiger partial charge in [-0.05, 0) is 18.6 Å². The Kier molecular flexibility index (Phi) is 6.81. The Balaban J connectivity index is 3.12. The summed E-state index contributed by atoms with van der Waals surface area (Å²) in [4.78, 5) is 11.8. The van der Waals surface area contributed by atoms with Crippen LogP contribution in [0, 0.1) is 0 Å². The van der Waals surface area contributed by atoms with Crippen LogP contribution in [-0.2, 0) is 19.0 Å². The fourth-order valence-corrected chi connectivity index (χ4v) is 1.73. The molecule has 0 fully saturated rings. The van der Waals surface area contributed by atoms with Crippen LogP contribution in [0.2, 0.25) is 0 Å². The lowest BCUT2D eigenvalue weighted by Gasteiger charge is -2.10. The Morgan fingerprint density at radius 1 is 1.05 bits per heavy atom. The normalized spacial score (nSPS) is 12.9. The summed E-state index contributed by atoms with van der Waals surface area (Å²) < 4.78 is 15.0. The average Bonchev–Trinajstić information content (AvgIpc) is 2.53. The number of hydrogen-bond donors (Lipinski definition) is 0. The van der Waals surface area contributed by atoms with Crippen LogP contribution in [0.15, 0.2) is 59.6 Å². The van der Waals surface area contributed by atoms with Crippen LogP contribution in [0.25, 0.3) is 6.08 Å². The fraction of sp³-hybridized carbons (Fsp3) is 0.235. The van der Waals surface area contributed by atoms with Gasteiger partial charge in [0, 0.05) is 5.57 Å². The zero-order valence-electron chi connectivity index (χ0n) is 12.8. The Morgan fingerprint density at radius 3 is 2.24 bits per heavy atom. The smallest absolute Gasteiger partial charge is 0.341 e. The van der Waals surface area contributed by atoms with Crippen molar-refractivity contribution in [1.82, 2.24) is 0 Å². The maximum atomic E-state index is 11.8. The van der Waals surface area contributed by atoms with E-state index in [1.807, 2.05) is 36.4 Å². The summed E-state index contributed by atoms with van der Waals surface area (Å²) >= 11 is 0. The van der Waals surface area contributed by atoms with Crippen LogP contribution in [0.4, 0.5) is 0 Å². The second kappa shape index (κ2) is 8.64. The number of carbonyl (C=O) groups excluding carboxylic acids is 1. The molecule has 0 radical (unpaired) electrons. The van der Waals surface area contributed by atoms with Gasteiger partial charge in [0.2, 0.25) is 0 Å². The van der Waals surface area contributed by atoms with Crippen molar-refractivity contribution >= 4 is 12.0 Å². The Labute approximate surface area is 125 Å². The average molecular weight is 288 g/mol. The van der Waals surface area contributed by atoms with Gasteiger partial charge < -0.3 is 14.2 Å². The van der Waals surface area contributed by atoms with E-state index >= 15 is 0 Å². The number of ether oxygens (including phenoxy) is 3. The number of allylic oxidation sites excluding steroid dienone is 1. The predicted octanol–water partition coefficient (Wildman–Crippen LogP) is 3.32. The number of rotatable bonds is 6. The molecule has 0 N–H and O–H groups in total. The first-order valence-electron chi connectivity index (χ1n) is 6.43. The molecule has 0 atom stereocenters. The van der Waals surface area contributed by atoms with Crippen molar-refractivity contribution in [2.24, 2.45) is 0 Å². The zero-order chi connectivity index (χ0) is 15.7. The molecule has 0 unspecified atom stereocenters. The van der Waals surface area contributed by atoms with E-state index in [0.29, 0.717) is 16.9 Å². The summed E-state index contributed by atoms with van der Waals surface area (Å²) in [5.74, 6) is 0.0876. The molecule has 0 aliphatic rings. The van der Waals surface area contributed by atoms with E-state index in [2.05, 4.69) is 0 Å². The van der Waals surface area contributed by atoms with Crippen molar-refractivity contribution in [3.63, 3.8) is 0 Å². The van der Waals surface area contributed by atoms with Crippen molar-refractivity contribution < 1.29 is 19.0 Å². The highest BCUT2D eigenvalue weighted by Crippen LogP contribution is 2.19. The van der Waals surface area contributed by atoms with Gasteiger partial charge in [-0.15, -0.1) is 0 Å². The molecule has 0 aliphatic carbocycles. The number of methoxy groups -OCH3 is 3. The largest absolute Gasteiger partial charge is 0.503 e. The summed E-state index contributed by atoms with van der Waals surface area (Å²) in [6.07, 6.45) is 5.05. The molecule has 0 aliphatic heterocycles. The van der Waals surface area contributed by atoms with Gasteiger partial charge in [-0.3, -0.25) is 0 Å². The first-order chi connectivity index (χ1) is 10.1. The molecule has 21 heavy (non-hydrogen) atoms. The summed E-state index contributed by atoms with van der Waals surface area (Å²) in [7, 11) is 4.35. The highest BCUT2D eigenvalue weighted by atomic mass is 16.5. The molecule has 0 amide bonds. The van der Waals surface area contributed by atoms with Crippen LogP contribution in [0.1, 0.15) is 12.5 Å². The predicted molar refractivity (Wildman–Crippen MR) is 82.3 cm³/mol. The molecule has 112 valence electrons. The maximum absolute atomic E-state index is 11.8. The van der Waals surface area contributed by atoms with Crippen molar-refractivity contribution in [1.29, 1.82) is 0 Å². The van der Waals surface area contributed by atoms with Gasteiger partial charge in [0.15, 0.2) is 0 Å². The quantitative estimate of drug-likeness (QED) is 0.348. The van der Waals surface area contributed by atoms with Crippen LogP contribution in [0.3, 0.4) is 0 Å². The zero-order valence-corrected chi connectivity index (χ0v) is 12.8. The minimum atomic E-state index is -0.475. The summed E-state index contributed by atoms with van der Waals surface area (Å²) in [6, 6.07) is 9.81. The molecule has 0 saturated heterocycles. The van der Waals surface area contributed by atoms with Crippen LogP contribution < -0.4 is 0 Å². The molecule has 4 nitrogen and oxygen atoms in total.